The van der Waals surface area contributed by atoms with Crippen molar-refractivity contribution in [1.29, 1.82) is 0 Å². The number of rotatable bonds is 2. The lowest BCUT2D eigenvalue weighted by molar-refractivity contribution is 0.372. The zero-order valence-electron chi connectivity index (χ0n) is 7.63. The minimum Gasteiger partial charge on any atom is -0.380 e. The molecule has 1 fully saturated rings. The van der Waals surface area contributed by atoms with E-state index in [4.69, 9.17) is 17.3 Å². The van der Waals surface area contributed by atoms with Gasteiger partial charge >= 0.3 is 0 Å². The average Bonchev–Trinajstić information content (AvgIpc) is 2.09. The van der Waals surface area contributed by atoms with Gasteiger partial charge in [0.15, 0.2) is 0 Å². The highest BCUT2D eigenvalue weighted by molar-refractivity contribution is 6.30. The van der Waals surface area contributed by atoms with Crippen LogP contribution in [0.5, 0.6) is 0 Å². The molecule has 1 aliphatic carbocycles. The Bertz CT molecular complexity index is 337. The molecule has 0 atom stereocenters. The third kappa shape index (κ3) is 1.99. The number of benzene rings is 1. The maximum atomic E-state index is 13.2. The van der Waals surface area contributed by atoms with Crippen molar-refractivity contribution in [3.8, 4) is 0 Å². The topological polar surface area (TPSA) is 38.0 Å². The van der Waals surface area contributed by atoms with E-state index in [1.165, 1.54) is 12.1 Å². The fourth-order valence-corrected chi connectivity index (χ4v) is 1.78. The summed E-state index contributed by atoms with van der Waals surface area (Å²) in [5.41, 5.74) is 6.10. The van der Waals surface area contributed by atoms with Crippen LogP contribution in [0.2, 0.25) is 5.02 Å². The molecule has 0 radical (unpaired) electrons. The highest BCUT2D eigenvalue weighted by atomic mass is 35.5. The van der Waals surface area contributed by atoms with Gasteiger partial charge in [-0.2, -0.15) is 0 Å². The molecule has 0 aromatic heterocycles. The maximum Gasteiger partial charge on any atom is 0.146 e. The van der Waals surface area contributed by atoms with Gasteiger partial charge in [-0.25, -0.2) is 4.39 Å². The summed E-state index contributed by atoms with van der Waals surface area (Å²) in [4.78, 5) is 0. The Morgan fingerprint density at radius 1 is 1.43 bits per heavy atom. The Kier molecular flexibility index (Phi) is 2.61. The number of anilines is 1. The number of halogens is 2. The lowest BCUT2D eigenvalue weighted by atomic mass is 9.87. The van der Waals surface area contributed by atoms with E-state index in [9.17, 15) is 4.39 Å². The Balaban J connectivity index is 2.05. The largest absolute Gasteiger partial charge is 0.380 e. The van der Waals surface area contributed by atoms with Crippen molar-refractivity contribution in [2.75, 3.05) is 5.32 Å². The van der Waals surface area contributed by atoms with Crippen molar-refractivity contribution in [3.63, 3.8) is 0 Å². The van der Waals surface area contributed by atoms with E-state index in [-0.39, 0.29) is 17.9 Å². The van der Waals surface area contributed by atoms with Gasteiger partial charge in [0.25, 0.3) is 0 Å². The normalized spacial score (nSPS) is 25.6. The lowest BCUT2D eigenvalue weighted by Crippen LogP contribution is -2.44. The molecule has 1 aromatic carbocycles. The van der Waals surface area contributed by atoms with Gasteiger partial charge in [0.1, 0.15) is 5.82 Å². The highest BCUT2D eigenvalue weighted by Gasteiger charge is 2.26. The summed E-state index contributed by atoms with van der Waals surface area (Å²) in [6, 6.07) is 5.05. The molecule has 3 N–H and O–H groups in total. The third-order valence-electron chi connectivity index (χ3n) is 2.46. The van der Waals surface area contributed by atoms with Crippen molar-refractivity contribution in [2.45, 2.75) is 24.9 Å². The van der Waals surface area contributed by atoms with Gasteiger partial charge in [-0.05, 0) is 31.0 Å². The van der Waals surface area contributed by atoms with Gasteiger partial charge in [-0.15, -0.1) is 0 Å². The Labute approximate surface area is 87.2 Å². The van der Waals surface area contributed by atoms with E-state index in [0.717, 1.165) is 12.8 Å². The summed E-state index contributed by atoms with van der Waals surface area (Å²) < 4.78 is 13.2. The second-order valence-electron chi connectivity index (χ2n) is 3.70. The molecule has 2 rings (SSSR count). The summed E-state index contributed by atoms with van der Waals surface area (Å²) in [7, 11) is 0. The minimum atomic E-state index is -0.269. The molecule has 0 aliphatic heterocycles. The molecule has 0 saturated heterocycles. The first-order valence-electron chi connectivity index (χ1n) is 4.62. The van der Waals surface area contributed by atoms with Crippen molar-refractivity contribution in [1.82, 2.24) is 0 Å². The van der Waals surface area contributed by atoms with Crippen LogP contribution < -0.4 is 11.1 Å². The second kappa shape index (κ2) is 3.75. The molecule has 0 amide bonds. The SMILES string of the molecule is NC1CC(Nc2cc(Cl)ccc2F)C1. The van der Waals surface area contributed by atoms with Gasteiger partial charge in [0.05, 0.1) is 5.69 Å². The first kappa shape index (κ1) is 9.74. The quantitative estimate of drug-likeness (QED) is 0.794. The van der Waals surface area contributed by atoms with Gasteiger partial charge < -0.3 is 11.1 Å². The van der Waals surface area contributed by atoms with Gasteiger partial charge in [0.2, 0.25) is 0 Å². The molecular weight excluding hydrogens is 203 g/mol. The predicted octanol–water partition coefficient (Wildman–Crippen LogP) is 2.38. The van der Waals surface area contributed by atoms with Crippen molar-refractivity contribution in [3.05, 3.63) is 29.0 Å². The lowest BCUT2D eigenvalue weighted by Gasteiger charge is -2.33. The monoisotopic (exact) mass is 214 g/mol. The van der Waals surface area contributed by atoms with E-state index >= 15 is 0 Å². The zero-order valence-corrected chi connectivity index (χ0v) is 8.39. The predicted molar refractivity (Wildman–Crippen MR) is 56.0 cm³/mol. The Morgan fingerprint density at radius 2 is 2.14 bits per heavy atom. The van der Waals surface area contributed by atoms with Crippen LogP contribution >= 0.6 is 11.6 Å². The van der Waals surface area contributed by atoms with Crippen LogP contribution in [0.15, 0.2) is 18.2 Å². The van der Waals surface area contributed by atoms with Gasteiger partial charge in [-0.3, -0.25) is 0 Å². The molecule has 1 saturated carbocycles. The van der Waals surface area contributed by atoms with Crippen LogP contribution in [0.3, 0.4) is 0 Å². The maximum absolute atomic E-state index is 13.2. The molecule has 1 aliphatic rings. The zero-order chi connectivity index (χ0) is 10.1. The van der Waals surface area contributed by atoms with E-state index in [0.29, 0.717) is 10.7 Å². The third-order valence-corrected chi connectivity index (χ3v) is 2.70. The molecule has 0 unspecified atom stereocenters. The van der Waals surface area contributed by atoms with Crippen molar-refractivity contribution >= 4 is 17.3 Å². The standard InChI is InChI=1S/C10H12ClFN2/c11-6-1-2-9(12)10(3-6)14-8-4-7(13)5-8/h1-3,7-8,14H,4-5,13H2. The highest BCUT2D eigenvalue weighted by Crippen LogP contribution is 2.26. The molecule has 4 heteroatoms. The van der Waals surface area contributed by atoms with Crippen LogP contribution in [-0.2, 0) is 0 Å². The van der Waals surface area contributed by atoms with Gasteiger partial charge in [-0.1, -0.05) is 11.6 Å². The second-order valence-corrected chi connectivity index (χ2v) is 4.13. The van der Waals surface area contributed by atoms with E-state index in [1.54, 1.807) is 6.07 Å². The van der Waals surface area contributed by atoms with Crippen molar-refractivity contribution < 1.29 is 4.39 Å². The fraction of sp³-hybridized carbons (Fsp3) is 0.400. The molecule has 76 valence electrons. The summed E-state index contributed by atoms with van der Waals surface area (Å²) in [6.45, 7) is 0. The molecule has 0 heterocycles. The fourth-order valence-electron chi connectivity index (χ4n) is 1.61. The molecule has 0 bridgehead atoms. The smallest absolute Gasteiger partial charge is 0.146 e. The van der Waals surface area contributed by atoms with Gasteiger partial charge in [0, 0.05) is 17.1 Å². The summed E-state index contributed by atoms with van der Waals surface area (Å²) in [5.74, 6) is -0.269. The van der Waals surface area contributed by atoms with Crippen LogP contribution in [0, 0.1) is 5.82 Å². The van der Waals surface area contributed by atoms with E-state index in [2.05, 4.69) is 5.32 Å². The van der Waals surface area contributed by atoms with Crippen LogP contribution in [0.4, 0.5) is 10.1 Å². The van der Waals surface area contributed by atoms with Crippen LogP contribution in [-0.4, -0.2) is 12.1 Å². The molecule has 14 heavy (non-hydrogen) atoms. The first-order chi connectivity index (χ1) is 6.65. The molecule has 0 spiro atoms. The molecule has 1 aromatic rings. The van der Waals surface area contributed by atoms with Crippen LogP contribution in [0.25, 0.3) is 0 Å². The van der Waals surface area contributed by atoms with Crippen molar-refractivity contribution in [2.24, 2.45) is 5.73 Å². The first-order valence-corrected chi connectivity index (χ1v) is 5.00. The number of nitrogens with one attached hydrogen (secondary N) is 1. The number of nitrogens with two attached hydrogens (primary N) is 1. The average molecular weight is 215 g/mol. The number of hydrogen-bond donors (Lipinski definition) is 2. The van der Waals surface area contributed by atoms with E-state index in [1.807, 2.05) is 0 Å². The summed E-state index contributed by atoms with van der Waals surface area (Å²) >= 11 is 5.76. The molecular formula is C10H12ClFN2. The number of hydrogen-bond acceptors (Lipinski definition) is 2. The summed E-state index contributed by atoms with van der Waals surface area (Å²) in [6.07, 6.45) is 1.79. The molecule has 2 nitrogen and oxygen atoms in total. The Hall–Kier alpha value is -0.800. The minimum absolute atomic E-state index is 0.259. The van der Waals surface area contributed by atoms with E-state index < -0.39 is 0 Å². The summed E-state index contributed by atoms with van der Waals surface area (Å²) in [5, 5.41) is 3.62. The Morgan fingerprint density at radius 3 is 2.79 bits per heavy atom. The van der Waals surface area contributed by atoms with Crippen LogP contribution in [0.1, 0.15) is 12.8 Å².